The number of rotatable bonds is 5. The van der Waals surface area contributed by atoms with Gasteiger partial charge in [0.05, 0.1) is 17.7 Å². The molecule has 1 heterocycles. The Labute approximate surface area is 99.3 Å². The summed E-state index contributed by atoms with van der Waals surface area (Å²) >= 11 is 0. The molecule has 0 saturated heterocycles. The fourth-order valence-electron chi connectivity index (χ4n) is 1.49. The van der Waals surface area contributed by atoms with E-state index in [1.54, 1.807) is 11.5 Å². The molecule has 0 aromatic carbocycles. The van der Waals surface area contributed by atoms with Crippen LogP contribution in [-0.2, 0) is 4.74 Å². The number of esters is 1. The summed E-state index contributed by atoms with van der Waals surface area (Å²) in [5.41, 5.74) is 0.140. The van der Waals surface area contributed by atoms with Crippen molar-refractivity contribution in [3.8, 4) is 0 Å². The van der Waals surface area contributed by atoms with Gasteiger partial charge in [-0.3, -0.25) is 10.1 Å². The minimum absolute atomic E-state index is 0.0168. The zero-order valence-electron chi connectivity index (χ0n) is 10.2. The second-order valence-electron chi connectivity index (χ2n) is 3.73. The highest BCUT2D eigenvalue weighted by atomic mass is 16.6. The zero-order chi connectivity index (χ0) is 13.0. The average molecular weight is 240 g/mol. The fourth-order valence-corrected chi connectivity index (χ4v) is 1.49. The van der Waals surface area contributed by atoms with E-state index in [0.29, 0.717) is 0 Å². The highest BCUT2D eigenvalue weighted by molar-refractivity contribution is 5.88. The van der Waals surface area contributed by atoms with Gasteiger partial charge in [-0.15, -0.1) is 0 Å². The second kappa shape index (κ2) is 5.47. The normalized spacial score (nSPS) is 12.2. The molecule has 0 N–H and O–H groups in total. The van der Waals surface area contributed by atoms with Crippen molar-refractivity contribution in [3.05, 3.63) is 28.1 Å². The molecular weight excluding hydrogens is 224 g/mol. The van der Waals surface area contributed by atoms with Gasteiger partial charge in [0.2, 0.25) is 0 Å². The second-order valence-corrected chi connectivity index (χ2v) is 3.73. The highest BCUT2D eigenvalue weighted by Gasteiger charge is 2.22. The van der Waals surface area contributed by atoms with Gasteiger partial charge in [-0.25, -0.2) is 4.79 Å². The smallest absolute Gasteiger partial charge is 0.355 e. The Morgan fingerprint density at radius 1 is 1.59 bits per heavy atom. The predicted molar refractivity (Wildman–Crippen MR) is 62.0 cm³/mol. The van der Waals surface area contributed by atoms with Crippen LogP contribution < -0.4 is 0 Å². The van der Waals surface area contributed by atoms with Crippen molar-refractivity contribution in [3.63, 3.8) is 0 Å². The predicted octanol–water partition coefficient (Wildman–Crippen LogP) is 2.54. The van der Waals surface area contributed by atoms with Gasteiger partial charge in [0.15, 0.2) is 0 Å². The van der Waals surface area contributed by atoms with Crippen LogP contribution in [0.25, 0.3) is 0 Å². The first-order valence-corrected chi connectivity index (χ1v) is 5.54. The summed E-state index contributed by atoms with van der Waals surface area (Å²) in [4.78, 5) is 21.8. The van der Waals surface area contributed by atoms with E-state index < -0.39 is 10.9 Å². The standard InChI is InChI=1S/C11H16N2O4/c1-4-8(3)12-7-9(13(15)16)6-10(12)11(14)17-5-2/h6-8H,4-5H2,1-3H3. The van der Waals surface area contributed by atoms with Gasteiger partial charge < -0.3 is 9.30 Å². The van der Waals surface area contributed by atoms with Crippen molar-refractivity contribution in [1.29, 1.82) is 0 Å². The lowest BCUT2D eigenvalue weighted by Crippen LogP contribution is -2.14. The molecule has 1 rings (SSSR count). The van der Waals surface area contributed by atoms with Gasteiger partial charge in [-0.05, 0) is 20.3 Å². The molecule has 0 fully saturated rings. The zero-order valence-corrected chi connectivity index (χ0v) is 10.2. The Morgan fingerprint density at radius 2 is 2.24 bits per heavy atom. The molecule has 0 saturated carbocycles. The van der Waals surface area contributed by atoms with Gasteiger partial charge in [-0.1, -0.05) is 6.92 Å². The Bertz CT molecular complexity index is 425. The van der Waals surface area contributed by atoms with Crippen molar-refractivity contribution in [2.24, 2.45) is 0 Å². The summed E-state index contributed by atoms with van der Waals surface area (Å²) in [5.74, 6) is -0.527. The minimum Gasteiger partial charge on any atom is -0.461 e. The van der Waals surface area contributed by atoms with Crippen LogP contribution in [0.3, 0.4) is 0 Å². The van der Waals surface area contributed by atoms with Gasteiger partial charge in [-0.2, -0.15) is 0 Å². The van der Waals surface area contributed by atoms with Crippen molar-refractivity contribution in [2.45, 2.75) is 33.2 Å². The largest absolute Gasteiger partial charge is 0.461 e. The molecular formula is C11H16N2O4. The fraction of sp³-hybridized carbons (Fsp3) is 0.545. The van der Waals surface area contributed by atoms with Gasteiger partial charge in [0.25, 0.3) is 5.69 Å². The van der Waals surface area contributed by atoms with Crippen LogP contribution >= 0.6 is 0 Å². The molecule has 17 heavy (non-hydrogen) atoms. The molecule has 1 atom stereocenters. The number of hydrogen-bond acceptors (Lipinski definition) is 4. The first kappa shape index (κ1) is 13.2. The summed E-state index contributed by atoms with van der Waals surface area (Å²) < 4.78 is 6.47. The Kier molecular flexibility index (Phi) is 4.25. The van der Waals surface area contributed by atoms with Crippen LogP contribution in [0, 0.1) is 10.1 Å². The molecule has 1 unspecified atom stereocenters. The highest BCUT2D eigenvalue weighted by Crippen LogP contribution is 2.23. The van der Waals surface area contributed by atoms with E-state index in [9.17, 15) is 14.9 Å². The molecule has 1 aromatic rings. The molecule has 0 aliphatic heterocycles. The van der Waals surface area contributed by atoms with Gasteiger partial charge >= 0.3 is 5.97 Å². The number of carbonyl (C=O) groups is 1. The lowest BCUT2D eigenvalue weighted by Gasteiger charge is -2.13. The van der Waals surface area contributed by atoms with Crippen molar-refractivity contribution in [2.75, 3.05) is 6.61 Å². The summed E-state index contributed by atoms with van der Waals surface area (Å²) in [5, 5.41) is 10.7. The van der Waals surface area contributed by atoms with Crippen molar-refractivity contribution >= 4 is 11.7 Å². The van der Waals surface area contributed by atoms with Crippen LogP contribution in [-0.4, -0.2) is 22.1 Å². The third-order valence-corrected chi connectivity index (χ3v) is 2.60. The number of hydrogen-bond donors (Lipinski definition) is 0. The quantitative estimate of drug-likeness (QED) is 0.450. The first-order chi connectivity index (χ1) is 8.01. The molecule has 0 aliphatic carbocycles. The van der Waals surface area contributed by atoms with Crippen molar-refractivity contribution < 1.29 is 14.5 Å². The van der Waals surface area contributed by atoms with E-state index in [2.05, 4.69) is 0 Å². The van der Waals surface area contributed by atoms with E-state index in [1.807, 2.05) is 13.8 Å². The lowest BCUT2D eigenvalue weighted by molar-refractivity contribution is -0.384. The molecule has 94 valence electrons. The number of carbonyl (C=O) groups excluding carboxylic acids is 1. The average Bonchev–Trinajstić information content (AvgIpc) is 2.73. The Hall–Kier alpha value is -1.85. The molecule has 0 bridgehead atoms. The summed E-state index contributed by atoms with van der Waals surface area (Å²) in [7, 11) is 0. The lowest BCUT2D eigenvalue weighted by atomic mass is 10.2. The molecule has 0 spiro atoms. The maximum absolute atomic E-state index is 11.7. The topological polar surface area (TPSA) is 74.4 Å². The summed E-state index contributed by atoms with van der Waals surface area (Å²) in [6, 6.07) is 1.27. The maximum Gasteiger partial charge on any atom is 0.355 e. The van der Waals surface area contributed by atoms with Crippen LogP contribution in [0.1, 0.15) is 43.7 Å². The van der Waals surface area contributed by atoms with Crippen LogP contribution in [0.15, 0.2) is 12.3 Å². The number of aromatic nitrogens is 1. The summed E-state index contributed by atoms with van der Waals surface area (Å²) in [6.07, 6.45) is 2.15. The van der Waals surface area contributed by atoms with E-state index in [-0.39, 0.29) is 24.0 Å². The van der Waals surface area contributed by atoms with Gasteiger partial charge in [0.1, 0.15) is 5.69 Å². The molecule has 0 amide bonds. The maximum atomic E-state index is 11.7. The van der Waals surface area contributed by atoms with E-state index in [1.165, 1.54) is 12.3 Å². The van der Waals surface area contributed by atoms with E-state index in [0.717, 1.165) is 6.42 Å². The molecule has 1 aromatic heterocycles. The first-order valence-electron chi connectivity index (χ1n) is 5.54. The van der Waals surface area contributed by atoms with Crippen LogP contribution in [0.2, 0.25) is 0 Å². The summed E-state index contributed by atoms with van der Waals surface area (Å²) in [6.45, 7) is 5.79. The Balaban J connectivity index is 3.16. The van der Waals surface area contributed by atoms with E-state index >= 15 is 0 Å². The SMILES string of the molecule is CCOC(=O)c1cc([N+](=O)[O-])cn1C(C)CC. The number of nitrogens with zero attached hydrogens (tertiary/aromatic N) is 2. The molecule has 6 heteroatoms. The van der Waals surface area contributed by atoms with E-state index in [4.69, 9.17) is 4.74 Å². The number of nitro groups is 1. The monoisotopic (exact) mass is 240 g/mol. The molecule has 6 nitrogen and oxygen atoms in total. The third kappa shape index (κ3) is 2.83. The molecule has 0 aliphatic rings. The Morgan fingerprint density at radius 3 is 2.71 bits per heavy atom. The van der Waals surface area contributed by atoms with Gasteiger partial charge in [0, 0.05) is 12.1 Å². The van der Waals surface area contributed by atoms with Crippen molar-refractivity contribution in [1.82, 2.24) is 4.57 Å². The van der Waals surface area contributed by atoms with Crippen LogP contribution in [0.5, 0.6) is 0 Å². The van der Waals surface area contributed by atoms with Crippen LogP contribution in [0.4, 0.5) is 5.69 Å². The number of ether oxygens (including phenoxy) is 1. The third-order valence-electron chi connectivity index (χ3n) is 2.60. The molecule has 0 radical (unpaired) electrons. The minimum atomic E-state index is -0.527.